The molecule has 1 fully saturated rings. The van der Waals surface area contributed by atoms with Crippen LogP contribution >= 0.6 is 0 Å². The molecule has 2 aliphatic rings. The molecule has 2 aromatic rings. The van der Waals surface area contributed by atoms with Gasteiger partial charge in [0.05, 0.1) is 0 Å². The minimum Gasteiger partial charge on any atom is -0.456 e. The number of aryl methyl sites for hydroxylation is 1. The fourth-order valence-corrected chi connectivity index (χ4v) is 5.49. The van der Waals surface area contributed by atoms with Gasteiger partial charge >= 0.3 is 0 Å². The van der Waals surface area contributed by atoms with E-state index in [9.17, 15) is 4.79 Å². The number of rotatable bonds is 3. The van der Waals surface area contributed by atoms with E-state index in [1.54, 1.807) is 0 Å². The molecule has 3 nitrogen and oxygen atoms in total. The summed E-state index contributed by atoms with van der Waals surface area (Å²) in [5.41, 5.74) is 6.18. The smallest absolute Gasteiger partial charge is 0.289 e. The number of furan rings is 1. The molecule has 0 radical (unpaired) electrons. The van der Waals surface area contributed by atoms with Crippen molar-refractivity contribution in [1.82, 2.24) is 4.90 Å². The number of amides is 1. The first-order valence-electron chi connectivity index (χ1n) is 11.9. The van der Waals surface area contributed by atoms with Gasteiger partial charge in [-0.15, -0.1) is 0 Å². The summed E-state index contributed by atoms with van der Waals surface area (Å²) in [6.07, 6.45) is 5.40. The lowest BCUT2D eigenvalue weighted by atomic mass is 9.62. The van der Waals surface area contributed by atoms with Crippen molar-refractivity contribution >= 4 is 5.91 Å². The second kappa shape index (κ2) is 7.53. The van der Waals surface area contributed by atoms with Crippen LogP contribution in [0.4, 0.5) is 0 Å². The van der Waals surface area contributed by atoms with Crippen LogP contribution in [0, 0.1) is 12.3 Å². The molecule has 0 saturated carbocycles. The maximum absolute atomic E-state index is 13.0. The van der Waals surface area contributed by atoms with Crippen molar-refractivity contribution in [1.29, 1.82) is 0 Å². The first-order chi connectivity index (χ1) is 14.4. The number of benzene rings is 1. The van der Waals surface area contributed by atoms with Gasteiger partial charge in [-0.1, -0.05) is 53.7 Å². The normalized spacial score (nSPS) is 21.6. The summed E-state index contributed by atoms with van der Waals surface area (Å²) in [4.78, 5) is 15.0. The Bertz CT molecular complexity index is 992. The van der Waals surface area contributed by atoms with Gasteiger partial charge in [-0.25, -0.2) is 0 Å². The van der Waals surface area contributed by atoms with Crippen LogP contribution in [-0.4, -0.2) is 23.9 Å². The number of likely N-dealkylation sites (tertiary alicyclic amines) is 1. The molecule has 0 atom stereocenters. The maximum Gasteiger partial charge on any atom is 0.289 e. The number of hydrogen-bond donors (Lipinski definition) is 0. The van der Waals surface area contributed by atoms with Gasteiger partial charge in [0, 0.05) is 19.5 Å². The van der Waals surface area contributed by atoms with Gasteiger partial charge < -0.3 is 9.32 Å². The second-order valence-electron chi connectivity index (χ2n) is 12.0. The monoisotopic (exact) mass is 421 g/mol. The van der Waals surface area contributed by atoms with Gasteiger partial charge in [0.1, 0.15) is 5.76 Å². The molecule has 168 valence electrons. The molecule has 1 aromatic heterocycles. The Labute approximate surface area is 188 Å². The lowest BCUT2D eigenvalue weighted by Gasteiger charge is -2.42. The van der Waals surface area contributed by atoms with Crippen LogP contribution in [0.15, 0.2) is 28.7 Å². The largest absolute Gasteiger partial charge is 0.456 e. The van der Waals surface area contributed by atoms with Crippen LogP contribution < -0.4 is 0 Å². The van der Waals surface area contributed by atoms with Crippen LogP contribution in [0.5, 0.6) is 0 Å². The van der Waals surface area contributed by atoms with Crippen molar-refractivity contribution in [3.05, 3.63) is 58.0 Å². The topological polar surface area (TPSA) is 33.5 Å². The standard InChI is InChI=1S/C28H39NO2/c1-19-15-22-23(28(6,7)13-12-27(22,4)5)17-20(19)16-21-9-10-24(31-21)25(30)29-14-8-11-26(2,3)18-29/h9-10,15,17H,8,11-14,16,18H2,1-7H3. The predicted molar refractivity (Wildman–Crippen MR) is 127 cm³/mol. The number of nitrogens with zero attached hydrogens (tertiary/aromatic N) is 1. The summed E-state index contributed by atoms with van der Waals surface area (Å²) >= 11 is 0. The van der Waals surface area contributed by atoms with E-state index in [1.807, 2.05) is 17.0 Å². The van der Waals surface area contributed by atoms with Gasteiger partial charge in [-0.3, -0.25) is 4.79 Å². The molecule has 0 unspecified atom stereocenters. The predicted octanol–water partition coefficient (Wildman–Crippen LogP) is 6.79. The van der Waals surface area contributed by atoms with Gasteiger partial charge in [0.2, 0.25) is 0 Å². The zero-order valence-electron chi connectivity index (χ0n) is 20.5. The lowest BCUT2D eigenvalue weighted by molar-refractivity contribution is 0.0551. The number of piperidine rings is 1. The minimum absolute atomic E-state index is 0.0315. The summed E-state index contributed by atoms with van der Waals surface area (Å²) in [6, 6.07) is 8.65. The molecule has 1 aromatic carbocycles. The van der Waals surface area contributed by atoms with Crippen LogP contribution in [0.2, 0.25) is 0 Å². The van der Waals surface area contributed by atoms with Crippen LogP contribution in [0.3, 0.4) is 0 Å². The molecule has 0 N–H and O–H groups in total. The third kappa shape index (κ3) is 4.33. The molecule has 31 heavy (non-hydrogen) atoms. The summed E-state index contributed by atoms with van der Waals surface area (Å²) in [6.45, 7) is 17.8. The number of carbonyl (C=O) groups is 1. The zero-order valence-corrected chi connectivity index (χ0v) is 20.5. The third-order valence-electron chi connectivity index (χ3n) is 7.73. The van der Waals surface area contributed by atoms with Gasteiger partial charge in [0.25, 0.3) is 5.91 Å². The molecule has 1 aliphatic carbocycles. The first-order valence-corrected chi connectivity index (χ1v) is 11.9. The minimum atomic E-state index is 0.0315. The van der Waals surface area contributed by atoms with Crippen LogP contribution in [0.1, 0.15) is 106 Å². The fraction of sp³-hybridized carbons (Fsp3) is 0.607. The summed E-state index contributed by atoms with van der Waals surface area (Å²) in [5.74, 6) is 1.38. The van der Waals surface area contributed by atoms with Crippen molar-refractivity contribution in [3.63, 3.8) is 0 Å². The third-order valence-corrected chi connectivity index (χ3v) is 7.73. The van der Waals surface area contributed by atoms with E-state index in [4.69, 9.17) is 4.42 Å². The Morgan fingerprint density at radius 2 is 1.61 bits per heavy atom. The lowest BCUT2D eigenvalue weighted by Crippen LogP contribution is -2.43. The van der Waals surface area contributed by atoms with Crippen molar-refractivity contribution in [2.75, 3.05) is 13.1 Å². The Kier molecular flexibility index (Phi) is 5.39. The maximum atomic E-state index is 13.0. The van der Waals surface area contributed by atoms with Crippen molar-refractivity contribution < 1.29 is 9.21 Å². The SMILES string of the molecule is Cc1cc2c(cc1Cc1ccc(C(=O)N3CCCC(C)(C)C3)o1)C(C)(C)CCC2(C)C. The van der Waals surface area contributed by atoms with Crippen molar-refractivity contribution in [2.45, 2.75) is 91.4 Å². The molecular weight excluding hydrogens is 382 g/mol. The molecule has 3 heteroatoms. The Morgan fingerprint density at radius 3 is 2.26 bits per heavy atom. The molecule has 4 rings (SSSR count). The fourth-order valence-electron chi connectivity index (χ4n) is 5.49. The first kappa shape index (κ1) is 22.2. The average molecular weight is 422 g/mol. The molecule has 2 heterocycles. The highest BCUT2D eigenvalue weighted by atomic mass is 16.4. The average Bonchev–Trinajstić information content (AvgIpc) is 3.14. The van der Waals surface area contributed by atoms with E-state index in [0.29, 0.717) is 5.76 Å². The van der Waals surface area contributed by atoms with Gasteiger partial charge in [-0.2, -0.15) is 0 Å². The van der Waals surface area contributed by atoms with E-state index in [0.717, 1.165) is 31.7 Å². The molecular formula is C28H39NO2. The van der Waals surface area contributed by atoms with Crippen molar-refractivity contribution in [3.8, 4) is 0 Å². The van der Waals surface area contributed by atoms with E-state index in [2.05, 4.69) is 60.6 Å². The highest BCUT2D eigenvalue weighted by molar-refractivity contribution is 5.91. The highest BCUT2D eigenvalue weighted by Crippen LogP contribution is 2.46. The summed E-state index contributed by atoms with van der Waals surface area (Å²) in [7, 11) is 0. The zero-order chi connectivity index (χ0) is 22.6. The Morgan fingerprint density at radius 1 is 0.968 bits per heavy atom. The van der Waals surface area contributed by atoms with E-state index >= 15 is 0 Å². The molecule has 1 amide bonds. The molecule has 1 aliphatic heterocycles. The van der Waals surface area contributed by atoms with E-state index < -0.39 is 0 Å². The Hall–Kier alpha value is -2.03. The van der Waals surface area contributed by atoms with Crippen LogP contribution in [-0.2, 0) is 17.3 Å². The molecule has 1 saturated heterocycles. The van der Waals surface area contributed by atoms with Gasteiger partial charge in [0.15, 0.2) is 5.76 Å². The van der Waals surface area contributed by atoms with Crippen molar-refractivity contribution in [2.24, 2.45) is 5.41 Å². The second-order valence-corrected chi connectivity index (χ2v) is 12.0. The van der Waals surface area contributed by atoms with E-state index in [-0.39, 0.29) is 22.2 Å². The van der Waals surface area contributed by atoms with E-state index in [1.165, 1.54) is 41.5 Å². The Balaban J connectivity index is 1.57. The quantitative estimate of drug-likeness (QED) is 0.547. The number of carbonyl (C=O) groups excluding carboxylic acids is 1. The van der Waals surface area contributed by atoms with Gasteiger partial charge in [-0.05, 0) is 83.2 Å². The van der Waals surface area contributed by atoms with Crippen LogP contribution in [0.25, 0.3) is 0 Å². The molecule has 0 spiro atoms. The number of fused-ring (bicyclic) bond motifs is 1. The molecule has 0 bridgehead atoms. The number of hydrogen-bond acceptors (Lipinski definition) is 2. The summed E-state index contributed by atoms with van der Waals surface area (Å²) < 4.78 is 6.07. The highest BCUT2D eigenvalue weighted by Gasteiger charge is 2.37. The summed E-state index contributed by atoms with van der Waals surface area (Å²) in [5, 5.41) is 0.